The first-order chi connectivity index (χ1) is 9.16. The number of fused-ring (bicyclic) bond motifs is 1. The summed E-state index contributed by atoms with van der Waals surface area (Å²) in [5.74, 6) is 0.136. The normalized spacial score (nSPS) is 19.5. The molecule has 1 aromatic carbocycles. The number of H-pyrrole nitrogens is 1. The van der Waals surface area contributed by atoms with Crippen molar-refractivity contribution >= 4 is 16.8 Å². The number of aromatic amines is 1. The van der Waals surface area contributed by atoms with Gasteiger partial charge in [0, 0.05) is 30.7 Å². The lowest BCUT2D eigenvalue weighted by atomic mass is 10.1. The molecule has 2 heterocycles. The van der Waals surface area contributed by atoms with Crippen LogP contribution >= 0.6 is 0 Å². The summed E-state index contributed by atoms with van der Waals surface area (Å²) in [6.45, 7) is 1.67. The van der Waals surface area contributed by atoms with E-state index in [4.69, 9.17) is 0 Å². The predicted molar refractivity (Wildman–Crippen MR) is 76.3 cm³/mol. The lowest BCUT2D eigenvalue weighted by Gasteiger charge is -2.20. The lowest BCUT2D eigenvalue weighted by Crippen LogP contribution is -2.34. The van der Waals surface area contributed by atoms with Gasteiger partial charge in [0.2, 0.25) is 0 Å². The second kappa shape index (κ2) is 4.70. The SMILES string of the molecule is CN(C)C1CCN(C(=O)c2cccc3cc[nH]c23)C1. The number of carbonyl (C=O) groups excluding carboxylic acids is 1. The Bertz CT molecular complexity index is 602. The first-order valence-corrected chi connectivity index (χ1v) is 6.68. The van der Waals surface area contributed by atoms with Crippen LogP contribution in [0.5, 0.6) is 0 Å². The number of nitrogens with zero attached hydrogens (tertiary/aromatic N) is 2. The summed E-state index contributed by atoms with van der Waals surface area (Å²) < 4.78 is 0. The van der Waals surface area contributed by atoms with Gasteiger partial charge in [0.25, 0.3) is 5.91 Å². The van der Waals surface area contributed by atoms with Crippen molar-refractivity contribution in [1.82, 2.24) is 14.8 Å². The fraction of sp³-hybridized carbons (Fsp3) is 0.400. The van der Waals surface area contributed by atoms with E-state index in [-0.39, 0.29) is 5.91 Å². The van der Waals surface area contributed by atoms with Crippen LogP contribution in [0.2, 0.25) is 0 Å². The lowest BCUT2D eigenvalue weighted by molar-refractivity contribution is 0.0785. The van der Waals surface area contributed by atoms with Gasteiger partial charge in [-0.2, -0.15) is 0 Å². The van der Waals surface area contributed by atoms with Gasteiger partial charge in [-0.05, 0) is 32.6 Å². The van der Waals surface area contributed by atoms with Crippen molar-refractivity contribution in [2.45, 2.75) is 12.5 Å². The molecule has 1 N–H and O–H groups in total. The molecule has 0 aliphatic carbocycles. The fourth-order valence-corrected chi connectivity index (χ4v) is 2.78. The maximum atomic E-state index is 12.6. The van der Waals surface area contributed by atoms with E-state index in [1.807, 2.05) is 35.4 Å². The van der Waals surface area contributed by atoms with Gasteiger partial charge in [0.05, 0.1) is 11.1 Å². The van der Waals surface area contributed by atoms with Crippen molar-refractivity contribution < 1.29 is 4.79 Å². The second-order valence-electron chi connectivity index (χ2n) is 5.40. The Morgan fingerprint density at radius 3 is 2.95 bits per heavy atom. The highest BCUT2D eigenvalue weighted by Crippen LogP contribution is 2.21. The summed E-state index contributed by atoms with van der Waals surface area (Å²) in [5, 5.41) is 1.09. The molecule has 19 heavy (non-hydrogen) atoms. The number of benzene rings is 1. The van der Waals surface area contributed by atoms with E-state index in [0.29, 0.717) is 6.04 Å². The van der Waals surface area contributed by atoms with E-state index in [2.05, 4.69) is 24.0 Å². The Hall–Kier alpha value is -1.81. The molecule has 0 saturated carbocycles. The third kappa shape index (κ3) is 2.12. The van der Waals surface area contributed by atoms with Gasteiger partial charge in [0.1, 0.15) is 0 Å². The van der Waals surface area contributed by atoms with Gasteiger partial charge < -0.3 is 14.8 Å². The zero-order chi connectivity index (χ0) is 13.4. The quantitative estimate of drug-likeness (QED) is 0.893. The summed E-state index contributed by atoms with van der Waals surface area (Å²) >= 11 is 0. The highest BCUT2D eigenvalue weighted by atomic mass is 16.2. The first kappa shape index (κ1) is 12.2. The van der Waals surface area contributed by atoms with Crippen molar-refractivity contribution in [1.29, 1.82) is 0 Å². The fourth-order valence-electron chi connectivity index (χ4n) is 2.78. The molecule has 4 heteroatoms. The monoisotopic (exact) mass is 257 g/mol. The smallest absolute Gasteiger partial charge is 0.256 e. The second-order valence-corrected chi connectivity index (χ2v) is 5.40. The summed E-state index contributed by atoms with van der Waals surface area (Å²) in [4.78, 5) is 19.9. The van der Waals surface area contributed by atoms with E-state index in [0.717, 1.165) is 36.0 Å². The molecule has 3 rings (SSSR count). The van der Waals surface area contributed by atoms with Crippen LogP contribution in [0.3, 0.4) is 0 Å². The van der Waals surface area contributed by atoms with Gasteiger partial charge in [-0.25, -0.2) is 0 Å². The predicted octanol–water partition coefficient (Wildman–Crippen LogP) is 1.94. The molecule has 0 spiro atoms. The van der Waals surface area contributed by atoms with Crippen molar-refractivity contribution in [2.75, 3.05) is 27.2 Å². The maximum Gasteiger partial charge on any atom is 0.256 e. The minimum atomic E-state index is 0.136. The molecule has 1 saturated heterocycles. The van der Waals surface area contributed by atoms with Crippen molar-refractivity contribution in [2.24, 2.45) is 0 Å². The zero-order valence-electron chi connectivity index (χ0n) is 11.4. The molecule has 1 atom stereocenters. The van der Waals surface area contributed by atoms with Gasteiger partial charge in [-0.3, -0.25) is 4.79 Å². The van der Waals surface area contributed by atoms with Crippen molar-refractivity contribution in [3.05, 3.63) is 36.0 Å². The third-order valence-electron chi connectivity index (χ3n) is 4.00. The van der Waals surface area contributed by atoms with Crippen LogP contribution in [0.15, 0.2) is 30.5 Å². The Morgan fingerprint density at radius 2 is 2.21 bits per heavy atom. The molecule has 1 fully saturated rings. The standard InChI is InChI=1S/C15H19N3O/c1-17(2)12-7-9-18(10-12)15(19)13-5-3-4-11-6-8-16-14(11)13/h3-6,8,12,16H,7,9-10H2,1-2H3. The number of hydrogen-bond acceptors (Lipinski definition) is 2. The van der Waals surface area contributed by atoms with Crippen molar-refractivity contribution in [3.8, 4) is 0 Å². The molecule has 1 amide bonds. The Balaban J connectivity index is 1.87. The van der Waals surface area contributed by atoms with E-state index >= 15 is 0 Å². The zero-order valence-corrected chi connectivity index (χ0v) is 11.4. The minimum absolute atomic E-state index is 0.136. The topological polar surface area (TPSA) is 39.3 Å². The van der Waals surface area contributed by atoms with Crippen LogP contribution in [-0.2, 0) is 0 Å². The van der Waals surface area contributed by atoms with Crippen LogP contribution in [-0.4, -0.2) is 53.9 Å². The maximum absolute atomic E-state index is 12.6. The minimum Gasteiger partial charge on any atom is -0.361 e. The van der Waals surface area contributed by atoms with Crippen LogP contribution in [0.1, 0.15) is 16.8 Å². The van der Waals surface area contributed by atoms with Crippen LogP contribution < -0.4 is 0 Å². The average molecular weight is 257 g/mol. The van der Waals surface area contributed by atoms with Gasteiger partial charge >= 0.3 is 0 Å². The number of hydrogen-bond donors (Lipinski definition) is 1. The molecule has 1 aliphatic rings. The van der Waals surface area contributed by atoms with E-state index in [1.165, 1.54) is 0 Å². The first-order valence-electron chi connectivity index (χ1n) is 6.68. The van der Waals surface area contributed by atoms with Crippen LogP contribution in [0, 0.1) is 0 Å². The summed E-state index contributed by atoms with van der Waals surface area (Å²) in [6.07, 6.45) is 2.94. The number of nitrogens with one attached hydrogen (secondary N) is 1. The van der Waals surface area contributed by atoms with Gasteiger partial charge in [0.15, 0.2) is 0 Å². The van der Waals surface area contributed by atoms with Crippen LogP contribution in [0.4, 0.5) is 0 Å². The summed E-state index contributed by atoms with van der Waals surface area (Å²) in [6, 6.07) is 8.35. The number of rotatable bonds is 2. The van der Waals surface area contributed by atoms with Gasteiger partial charge in [-0.1, -0.05) is 12.1 Å². The number of carbonyl (C=O) groups is 1. The molecule has 1 aliphatic heterocycles. The molecule has 0 bridgehead atoms. The van der Waals surface area contributed by atoms with E-state index in [1.54, 1.807) is 0 Å². The summed E-state index contributed by atoms with van der Waals surface area (Å²) in [7, 11) is 4.15. The molecular formula is C15H19N3O. The molecule has 100 valence electrons. The van der Waals surface area contributed by atoms with E-state index in [9.17, 15) is 4.79 Å². The molecular weight excluding hydrogens is 238 g/mol. The molecule has 4 nitrogen and oxygen atoms in total. The summed E-state index contributed by atoms with van der Waals surface area (Å²) in [5.41, 5.74) is 1.72. The third-order valence-corrected chi connectivity index (χ3v) is 4.00. The molecule has 1 aromatic heterocycles. The molecule has 2 aromatic rings. The molecule has 0 radical (unpaired) electrons. The Labute approximate surface area is 113 Å². The van der Waals surface area contributed by atoms with Crippen molar-refractivity contribution in [3.63, 3.8) is 0 Å². The van der Waals surface area contributed by atoms with Gasteiger partial charge in [-0.15, -0.1) is 0 Å². The number of likely N-dealkylation sites (N-methyl/N-ethyl adjacent to an activating group) is 1. The molecule has 1 unspecified atom stereocenters. The number of aromatic nitrogens is 1. The number of para-hydroxylation sites is 1. The average Bonchev–Trinajstić information content (AvgIpc) is 3.06. The van der Waals surface area contributed by atoms with Crippen LogP contribution in [0.25, 0.3) is 10.9 Å². The van der Waals surface area contributed by atoms with E-state index < -0.39 is 0 Å². The highest BCUT2D eigenvalue weighted by Gasteiger charge is 2.28. The number of likely N-dealkylation sites (tertiary alicyclic amines) is 1. The largest absolute Gasteiger partial charge is 0.361 e. The number of amides is 1. The Kier molecular flexibility index (Phi) is 3.03. The highest BCUT2D eigenvalue weighted by molar-refractivity contribution is 6.05. The Morgan fingerprint density at radius 1 is 1.37 bits per heavy atom.